The molecule has 1 nitrogen and oxygen atoms in total. The second kappa shape index (κ2) is 13.0. The van der Waals surface area contributed by atoms with Crippen molar-refractivity contribution in [1.29, 1.82) is 0 Å². The minimum Gasteiger partial charge on any atom is -0.316 e. The van der Waals surface area contributed by atoms with E-state index in [4.69, 9.17) is 0 Å². The van der Waals surface area contributed by atoms with E-state index in [9.17, 15) is 0 Å². The molecule has 0 spiro atoms. The lowest BCUT2D eigenvalue weighted by Gasteiger charge is -2.11. The van der Waals surface area contributed by atoms with E-state index in [1.54, 1.807) is 0 Å². The van der Waals surface area contributed by atoms with Gasteiger partial charge in [-0.3, -0.25) is 0 Å². The minimum absolute atomic E-state index is 0.863. The Morgan fingerprint density at radius 3 is 2.06 bits per heavy atom. The summed E-state index contributed by atoms with van der Waals surface area (Å²) in [6, 6.07) is 0. The van der Waals surface area contributed by atoms with Gasteiger partial charge in [0, 0.05) is 0 Å². The average molecular weight is 227 g/mol. The lowest BCUT2D eigenvalue weighted by Crippen LogP contribution is -2.21. The Morgan fingerprint density at radius 2 is 1.44 bits per heavy atom. The zero-order chi connectivity index (χ0) is 12.1. The van der Waals surface area contributed by atoms with Gasteiger partial charge in [-0.05, 0) is 31.8 Å². The van der Waals surface area contributed by atoms with Crippen LogP contribution in [0.25, 0.3) is 0 Å². The van der Waals surface area contributed by atoms with Crippen molar-refractivity contribution in [3.8, 4) is 0 Å². The number of hydrogen-bond acceptors (Lipinski definition) is 1. The van der Waals surface area contributed by atoms with Crippen LogP contribution in [0.1, 0.15) is 78.6 Å². The molecule has 0 aromatic carbocycles. The van der Waals surface area contributed by atoms with Crippen LogP contribution in [0.2, 0.25) is 0 Å². The largest absolute Gasteiger partial charge is 0.316 e. The molecule has 98 valence electrons. The second-order valence-electron chi connectivity index (χ2n) is 5.22. The quantitative estimate of drug-likeness (QED) is 0.474. The third-order valence-corrected chi connectivity index (χ3v) is 3.22. The number of rotatable bonds is 12. The molecule has 0 aliphatic rings. The second-order valence-corrected chi connectivity index (χ2v) is 5.22. The first-order valence-electron chi connectivity index (χ1n) is 7.52. The molecule has 0 amide bonds. The van der Waals surface area contributed by atoms with E-state index >= 15 is 0 Å². The molecule has 1 atom stereocenters. The van der Waals surface area contributed by atoms with E-state index in [0.29, 0.717) is 0 Å². The predicted octanol–water partition coefficient (Wildman–Crippen LogP) is 4.76. The average Bonchev–Trinajstić information content (AvgIpc) is 2.28. The molecule has 0 fully saturated rings. The van der Waals surface area contributed by atoms with Gasteiger partial charge < -0.3 is 5.32 Å². The molecule has 0 aromatic heterocycles. The third-order valence-electron chi connectivity index (χ3n) is 3.22. The minimum atomic E-state index is 0.863. The van der Waals surface area contributed by atoms with Gasteiger partial charge >= 0.3 is 0 Å². The lowest BCUT2D eigenvalue weighted by molar-refractivity contribution is 0.450. The number of hydrogen-bond donors (Lipinski definition) is 1. The summed E-state index contributed by atoms with van der Waals surface area (Å²) in [4.78, 5) is 0. The van der Waals surface area contributed by atoms with Gasteiger partial charge in [-0.15, -0.1) is 0 Å². The standard InChI is InChI=1S/C15H33N/c1-4-6-7-8-9-10-11-12-15(3)14-16-13-5-2/h15-16H,4-14H2,1-3H3. The van der Waals surface area contributed by atoms with E-state index in [0.717, 1.165) is 5.92 Å². The first-order valence-corrected chi connectivity index (χ1v) is 7.52. The Balaban J connectivity index is 3.06. The molecule has 0 bridgehead atoms. The van der Waals surface area contributed by atoms with Crippen molar-refractivity contribution >= 4 is 0 Å². The summed E-state index contributed by atoms with van der Waals surface area (Å²) in [5.41, 5.74) is 0. The van der Waals surface area contributed by atoms with Crippen LogP contribution < -0.4 is 5.32 Å². The summed E-state index contributed by atoms with van der Waals surface area (Å²) < 4.78 is 0. The highest BCUT2D eigenvalue weighted by Crippen LogP contribution is 2.12. The topological polar surface area (TPSA) is 12.0 Å². The van der Waals surface area contributed by atoms with E-state index in [1.807, 2.05) is 0 Å². The first kappa shape index (κ1) is 16.0. The van der Waals surface area contributed by atoms with Crippen LogP contribution in [0.5, 0.6) is 0 Å². The Kier molecular flexibility index (Phi) is 13.0. The highest BCUT2D eigenvalue weighted by Gasteiger charge is 2.00. The molecule has 0 radical (unpaired) electrons. The smallest absolute Gasteiger partial charge is 0.00232 e. The van der Waals surface area contributed by atoms with Gasteiger partial charge in [-0.1, -0.05) is 65.7 Å². The van der Waals surface area contributed by atoms with Crippen LogP contribution in [0.3, 0.4) is 0 Å². The maximum atomic E-state index is 3.50. The Hall–Kier alpha value is -0.0400. The van der Waals surface area contributed by atoms with Crippen LogP contribution >= 0.6 is 0 Å². The molecule has 1 heteroatoms. The molecule has 1 unspecified atom stereocenters. The SMILES string of the molecule is CCCCCCCCCC(C)CNCCC. The van der Waals surface area contributed by atoms with Crippen LogP contribution in [0.4, 0.5) is 0 Å². The van der Waals surface area contributed by atoms with E-state index in [2.05, 4.69) is 26.1 Å². The Bertz CT molecular complexity index is 123. The maximum absolute atomic E-state index is 3.50. The fraction of sp³-hybridized carbons (Fsp3) is 1.00. The Labute approximate surface area is 103 Å². The number of nitrogens with one attached hydrogen (secondary N) is 1. The Morgan fingerprint density at radius 1 is 0.812 bits per heavy atom. The molecule has 0 saturated carbocycles. The molecular formula is C15H33N. The summed E-state index contributed by atoms with van der Waals surface area (Å²) in [7, 11) is 0. The first-order chi connectivity index (χ1) is 7.81. The van der Waals surface area contributed by atoms with Crippen molar-refractivity contribution in [2.45, 2.75) is 78.6 Å². The zero-order valence-electron chi connectivity index (χ0n) is 11.9. The summed E-state index contributed by atoms with van der Waals surface area (Å²) in [5.74, 6) is 0.863. The van der Waals surface area contributed by atoms with Crippen LogP contribution in [0, 0.1) is 5.92 Å². The van der Waals surface area contributed by atoms with Crippen LogP contribution in [0.15, 0.2) is 0 Å². The van der Waals surface area contributed by atoms with Gasteiger partial charge in [0.1, 0.15) is 0 Å². The van der Waals surface area contributed by atoms with Crippen molar-refractivity contribution in [2.24, 2.45) is 5.92 Å². The molecule has 0 rings (SSSR count). The van der Waals surface area contributed by atoms with E-state index in [-0.39, 0.29) is 0 Å². The van der Waals surface area contributed by atoms with Gasteiger partial charge in [-0.25, -0.2) is 0 Å². The van der Waals surface area contributed by atoms with Crippen LogP contribution in [-0.4, -0.2) is 13.1 Å². The van der Waals surface area contributed by atoms with Crippen molar-refractivity contribution in [3.05, 3.63) is 0 Å². The lowest BCUT2D eigenvalue weighted by atomic mass is 10.0. The van der Waals surface area contributed by atoms with E-state index in [1.165, 1.54) is 70.9 Å². The molecule has 0 aromatic rings. The molecule has 0 aliphatic heterocycles. The summed E-state index contributed by atoms with van der Waals surface area (Å²) >= 11 is 0. The fourth-order valence-electron chi connectivity index (χ4n) is 2.08. The fourth-order valence-corrected chi connectivity index (χ4v) is 2.08. The van der Waals surface area contributed by atoms with Gasteiger partial charge in [0.05, 0.1) is 0 Å². The summed E-state index contributed by atoms with van der Waals surface area (Å²) in [5, 5.41) is 3.50. The highest BCUT2D eigenvalue weighted by atomic mass is 14.8. The van der Waals surface area contributed by atoms with Crippen molar-refractivity contribution in [3.63, 3.8) is 0 Å². The van der Waals surface area contributed by atoms with Gasteiger partial charge in [-0.2, -0.15) is 0 Å². The number of unbranched alkanes of at least 4 members (excludes halogenated alkanes) is 6. The molecule has 16 heavy (non-hydrogen) atoms. The highest BCUT2D eigenvalue weighted by molar-refractivity contribution is 4.57. The van der Waals surface area contributed by atoms with Crippen molar-refractivity contribution in [2.75, 3.05) is 13.1 Å². The molecular weight excluding hydrogens is 194 g/mol. The molecule has 0 aliphatic carbocycles. The van der Waals surface area contributed by atoms with Crippen LogP contribution in [-0.2, 0) is 0 Å². The zero-order valence-corrected chi connectivity index (χ0v) is 11.9. The van der Waals surface area contributed by atoms with Gasteiger partial charge in [0.2, 0.25) is 0 Å². The van der Waals surface area contributed by atoms with Crippen molar-refractivity contribution < 1.29 is 0 Å². The monoisotopic (exact) mass is 227 g/mol. The summed E-state index contributed by atoms with van der Waals surface area (Å²) in [6.07, 6.45) is 12.7. The van der Waals surface area contributed by atoms with Gasteiger partial charge in [0.25, 0.3) is 0 Å². The predicted molar refractivity (Wildman–Crippen MR) is 74.9 cm³/mol. The summed E-state index contributed by atoms with van der Waals surface area (Å²) in [6.45, 7) is 9.28. The molecule has 0 saturated heterocycles. The van der Waals surface area contributed by atoms with E-state index < -0.39 is 0 Å². The van der Waals surface area contributed by atoms with Crippen molar-refractivity contribution in [1.82, 2.24) is 5.32 Å². The molecule has 0 heterocycles. The normalized spacial score (nSPS) is 12.9. The van der Waals surface area contributed by atoms with Gasteiger partial charge in [0.15, 0.2) is 0 Å². The molecule has 1 N–H and O–H groups in total. The third kappa shape index (κ3) is 12.0. The maximum Gasteiger partial charge on any atom is -0.00232 e.